The van der Waals surface area contributed by atoms with Gasteiger partial charge in [-0.25, -0.2) is 9.78 Å². The first-order chi connectivity index (χ1) is 15.8. The average Bonchev–Trinajstić information content (AvgIpc) is 3.16. The third-order valence-electron chi connectivity index (χ3n) is 5.74. The predicted octanol–water partition coefficient (Wildman–Crippen LogP) is 1.40. The summed E-state index contributed by atoms with van der Waals surface area (Å²) in [6.45, 7) is 6.70. The second kappa shape index (κ2) is 9.87. The minimum atomic E-state index is -0.404. The molecule has 0 atom stereocenters. The highest BCUT2D eigenvalue weighted by atomic mass is 32.1. The van der Waals surface area contributed by atoms with Crippen LogP contribution in [0.15, 0.2) is 6.07 Å². The van der Waals surface area contributed by atoms with E-state index in [1.165, 1.54) is 11.3 Å². The number of esters is 1. The fraction of sp³-hybridized carbons (Fsp3) is 0.571. The molecule has 0 spiro atoms. The van der Waals surface area contributed by atoms with Crippen LogP contribution in [0.4, 0.5) is 22.7 Å². The average molecular weight is 476 g/mol. The molecule has 0 unspecified atom stereocenters. The third kappa shape index (κ3) is 5.33. The molecule has 2 N–H and O–H groups in total. The maximum Gasteiger partial charge on any atom is 0.350 e. The Kier molecular flexibility index (Phi) is 6.94. The second-order valence-electron chi connectivity index (χ2n) is 8.14. The SMILES string of the molecule is CCOC(=O)c1sc(Nc2nc(N3CCC(O)CC3)cc(N3CCN(C)C(=O)C3)n2)nc1C. The fourth-order valence-corrected chi connectivity index (χ4v) is 4.64. The van der Waals surface area contributed by atoms with Crippen LogP contribution in [0.5, 0.6) is 0 Å². The number of nitrogens with one attached hydrogen (secondary N) is 1. The molecular weight excluding hydrogens is 446 g/mol. The molecule has 2 saturated heterocycles. The minimum Gasteiger partial charge on any atom is -0.462 e. The highest BCUT2D eigenvalue weighted by Crippen LogP contribution is 2.29. The summed E-state index contributed by atoms with van der Waals surface area (Å²) in [5.41, 5.74) is 0.576. The maximum atomic E-state index is 12.3. The molecule has 0 saturated carbocycles. The molecule has 4 heterocycles. The first kappa shape index (κ1) is 23.2. The molecule has 2 aromatic heterocycles. The number of carbonyl (C=O) groups excluding carboxylic acids is 2. The van der Waals surface area contributed by atoms with Gasteiger partial charge in [-0.2, -0.15) is 9.97 Å². The Morgan fingerprint density at radius 3 is 2.55 bits per heavy atom. The molecule has 178 valence electrons. The van der Waals surface area contributed by atoms with Gasteiger partial charge in [-0.05, 0) is 26.7 Å². The lowest BCUT2D eigenvalue weighted by Crippen LogP contribution is -2.49. The Balaban J connectivity index is 1.62. The Labute approximate surface area is 196 Å². The number of aromatic nitrogens is 3. The smallest absolute Gasteiger partial charge is 0.350 e. The summed E-state index contributed by atoms with van der Waals surface area (Å²) in [4.78, 5) is 44.4. The quantitative estimate of drug-likeness (QED) is 0.593. The monoisotopic (exact) mass is 475 g/mol. The molecule has 12 heteroatoms. The number of hydrogen-bond acceptors (Lipinski definition) is 11. The van der Waals surface area contributed by atoms with Crippen molar-refractivity contribution in [2.75, 3.05) is 61.5 Å². The summed E-state index contributed by atoms with van der Waals surface area (Å²) in [6, 6.07) is 1.89. The van der Waals surface area contributed by atoms with Gasteiger partial charge < -0.3 is 24.5 Å². The number of likely N-dealkylation sites (N-methyl/N-ethyl adjacent to an activating group) is 1. The number of piperidine rings is 1. The number of aliphatic hydroxyl groups is 1. The summed E-state index contributed by atoms with van der Waals surface area (Å²) in [5.74, 6) is 1.34. The molecule has 0 aliphatic carbocycles. The number of aliphatic hydroxyl groups excluding tert-OH is 1. The summed E-state index contributed by atoms with van der Waals surface area (Å²) >= 11 is 1.19. The van der Waals surface area contributed by atoms with Gasteiger partial charge in [0.25, 0.3) is 0 Å². The Morgan fingerprint density at radius 1 is 1.18 bits per heavy atom. The Hall–Kier alpha value is -2.99. The Bertz CT molecular complexity index is 1020. The molecule has 2 aliphatic rings. The van der Waals surface area contributed by atoms with E-state index in [0.29, 0.717) is 73.1 Å². The molecule has 0 radical (unpaired) electrons. The molecule has 2 fully saturated rings. The van der Waals surface area contributed by atoms with E-state index in [1.807, 2.05) is 11.0 Å². The van der Waals surface area contributed by atoms with Gasteiger partial charge in [0.2, 0.25) is 11.9 Å². The molecule has 0 aromatic carbocycles. The van der Waals surface area contributed by atoms with Crippen molar-refractivity contribution in [3.05, 3.63) is 16.6 Å². The number of aryl methyl sites for hydroxylation is 1. The maximum absolute atomic E-state index is 12.3. The van der Waals surface area contributed by atoms with Crippen molar-refractivity contribution in [3.63, 3.8) is 0 Å². The lowest BCUT2D eigenvalue weighted by molar-refractivity contribution is -0.129. The van der Waals surface area contributed by atoms with E-state index < -0.39 is 5.97 Å². The van der Waals surface area contributed by atoms with Gasteiger partial charge in [-0.3, -0.25) is 10.1 Å². The zero-order chi connectivity index (χ0) is 23.5. The molecule has 1 amide bonds. The highest BCUT2D eigenvalue weighted by molar-refractivity contribution is 7.17. The van der Waals surface area contributed by atoms with Crippen molar-refractivity contribution >= 4 is 45.9 Å². The zero-order valence-electron chi connectivity index (χ0n) is 19.1. The lowest BCUT2D eigenvalue weighted by atomic mass is 10.1. The summed E-state index contributed by atoms with van der Waals surface area (Å²) < 4.78 is 5.10. The zero-order valence-corrected chi connectivity index (χ0v) is 19.9. The molecule has 2 aliphatic heterocycles. The highest BCUT2D eigenvalue weighted by Gasteiger charge is 2.25. The van der Waals surface area contributed by atoms with Gasteiger partial charge >= 0.3 is 5.97 Å². The lowest BCUT2D eigenvalue weighted by Gasteiger charge is -2.34. The van der Waals surface area contributed by atoms with Crippen LogP contribution >= 0.6 is 11.3 Å². The Morgan fingerprint density at radius 2 is 1.88 bits per heavy atom. The van der Waals surface area contributed by atoms with E-state index in [1.54, 1.807) is 25.8 Å². The normalized spacial score (nSPS) is 17.5. The van der Waals surface area contributed by atoms with E-state index in [9.17, 15) is 14.7 Å². The summed E-state index contributed by atoms with van der Waals surface area (Å²) in [7, 11) is 1.79. The molecule has 11 nitrogen and oxygen atoms in total. The minimum absolute atomic E-state index is 0.0339. The van der Waals surface area contributed by atoms with Crippen LogP contribution in [-0.4, -0.2) is 89.3 Å². The van der Waals surface area contributed by atoms with E-state index >= 15 is 0 Å². The second-order valence-corrected chi connectivity index (χ2v) is 9.14. The summed E-state index contributed by atoms with van der Waals surface area (Å²) in [6.07, 6.45) is 1.04. The van der Waals surface area contributed by atoms with Gasteiger partial charge in [-0.15, -0.1) is 0 Å². The molecule has 0 bridgehead atoms. The fourth-order valence-electron chi connectivity index (χ4n) is 3.78. The van der Waals surface area contributed by atoms with Gasteiger partial charge in [-0.1, -0.05) is 11.3 Å². The third-order valence-corrected chi connectivity index (χ3v) is 6.80. The number of piperazine rings is 1. The van der Waals surface area contributed by atoms with Crippen LogP contribution in [-0.2, 0) is 9.53 Å². The first-order valence-electron chi connectivity index (χ1n) is 11.1. The van der Waals surface area contributed by atoms with Crippen LogP contribution < -0.4 is 15.1 Å². The molecule has 2 aromatic rings. The number of rotatable bonds is 6. The van der Waals surface area contributed by atoms with Crippen molar-refractivity contribution in [2.24, 2.45) is 0 Å². The van der Waals surface area contributed by atoms with Gasteiger partial charge in [0.05, 0.1) is 24.9 Å². The van der Waals surface area contributed by atoms with Crippen molar-refractivity contribution in [3.8, 4) is 0 Å². The number of ether oxygens (including phenoxy) is 1. The molecule has 33 heavy (non-hydrogen) atoms. The van der Waals surface area contributed by atoms with Crippen LogP contribution in [0.25, 0.3) is 0 Å². The standard InChI is InChI=1S/C21H29N7O4S/c1-4-32-19(31)18-13(2)22-21(33-18)25-20-23-15(27-7-5-14(29)6-8-27)11-16(24-20)28-10-9-26(3)17(30)12-28/h11,14,29H,4-10,12H2,1-3H3,(H,22,23,24,25). The van der Waals surface area contributed by atoms with Gasteiger partial charge in [0.15, 0.2) is 5.13 Å². The number of amides is 1. The summed E-state index contributed by atoms with van der Waals surface area (Å²) in [5, 5.41) is 13.5. The number of thiazole rings is 1. The van der Waals surface area contributed by atoms with Crippen LogP contribution in [0.1, 0.15) is 35.1 Å². The predicted molar refractivity (Wildman–Crippen MR) is 125 cm³/mol. The molecule has 4 rings (SSSR count). The van der Waals surface area contributed by atoms with E-state index in [4.69, 9.17) is 4.74 Å². The van der Waals surface area contributed by atoms with Crippen LogP contribution in [0, 0.1) is 6.92 Å². The largest absolute Gasteiger partial charge is 0.462 e. The first-order valence-corrected chi connectivity index (χ1v) is 11.9. The number of carbonyl (C=O) groups is 2. The van der Waals surface area contributed by atoms with Crippen molar-refractivity contribution in [1.29, 1.82) is 0 Å². The number of nitrogens with zero attached hydrogens (tertiary/aromatic N) is 6. The van der Waals surface area contributed by atoms with Gasteiger partial charge in [0.1, 0.15) is 16.5 Å². The van der Waals surface area contributed by atoms with E-state index in [0.717, 1.165) is 5.82 Å². The van der Waals surface area contributed by atoms with Crippen molar-refractivity contribution < 1.29 is 19.4 Å². The van der Waals surface area contributed by atoms with E-state index in [-0.39, 0.29) is 18.6 Å². The van der Waals surface area contributed by atoms with E-state index in [2.05, 4.69) is 25.2 Å². The van der Waals surface area contributed by atoms with Crippen molar-refractivity contribution in [1.82, 2.24) is 19.9 Å². The topological polar surface area (TPSA) is 124 Å². The van der Waals surface area contributed by atoms with Crippen LogP contribution in [0.2, 0.25) is 0 Å². The number of hydrogen-bond donors (Lipinski definition) is 2. The van der Waals surface area contributed by atoms with Crippen LogP contribution in [0.3, 0.4) is 0 Å². The van der Waals surface area contributed by atoms with Gasteiger partial charge in [0, 0.05) is 39.3 Å². The molecular formula is C21H29N7O4S. The number of anilines is 4. The van der Waals surface area contributed by atoms with Crippen molar-refractivity contribution in [2.45, 2.75) is 32.8 Å².